The van der Waals surface area contributed by atoms with Gasteiger partial charge in [-0.05, 0) is 48.9 Å². The predicted octanol–water partition coefficient (Wildman–Crippen LogP) is 4.39. The molecule has 0 aliphatic rings. The minimum atomic E-state index is -0.551. The normalized spacial score (nSPS) is 10.3. The number of ether oxygens (including phenoxy) is 1. The quantitative estimate of drug-likeness (QED) is 0.551. The first-order chi connectivity index (χ1) is 14.0. The van der Waals surface area contributed by atoms with Gasteiger partial charge in [-0.3, -0.25) is 4.79 Å². The van der Waals surface area contributed by atoms with Crippen LogP contribution in [0.15, 0.2) is 65.3 Å². The van der Waals surface area contributed by atoms with E-state index in [9.17, 15) is 14.0 Å². The number of anilines is 2. The zero-order valence-electron chi connectivity index (χ0n) is 15.7. The van der Waals surface area contributed by atoms with Crippen LogP contribution in [-0.4, -0.2) is 18.5 Å². The van der Waals surface area contributed by atoms with Crippen LogP contribution in [-0.2, 0) is 6.54 Å². The third kappa shape index (κ3) is 5.58. The van der Waals surface area contributed by atoms with E-state index < -0.39 is 11.8 Å². The van der Waals surface area contributed by atoms with E-state index in [2.05, 4.69) is 16.0 Å². The second-order valence-electron chi connectivity index (χ2n) is 6.02. The molecular formula is C21H20FN3O4. The average molecular weight is 397 g/mol. The van der Waals surface area contributed by atoms with E-state index in [0.717, 1.165) is 5.56 Å². The number of benzene rings is 2. The van der Waals surface area contributed by atoms with Crippen molar-refractivity contribution in [2.75, 3.05) is 17.2 Å². The van der Waals surface area contributed by atoms with Crippen LogP contribution in [0.1, 0.15) is 23.0 Å². The number of amides is 3. The van der Waals surface area contributed by atoms with Crippen molar-refractivity contribution in [3.8, 4) is 5.75 Å². The molecule has 7 nitrogen and oxygen atoms in total. The van der Waals surface area contributed by atoms with Gasteiger partial charge in [-0.15, -0.1) is 0 Å². The van der Waals surface area contributed by atoms with Crippen molar-refractivity contribution in [2.45, 2.75) is 13.5 Å². The van der Waals surface area contributed by atoms with Crippen LogP contribution >= 0.6 is 0 Å². The van der Waals surface area contributed by atoms with E-state index in [-0.39, 0.29) is 24.0 Å². The number of hydrogen-bond donors (Lipinski definition) is 3. The summed E-state index contributed by atoms with van der Waals surface area (Å²) in [5.41, 5.74) is 1.65. The standard InChI is InChI=1S/C21H20FN3O4/c1-2-28-18-9-8-16(12-17(18)22)25-21(27)23-13-14-5-3-6-15(11-14)24-20(26)19-7-4-10-29-19/h3-12H,2,13H2,1H3,(H,24,26)(H2,23,25,27). The van der Waals surface area contributed by atoms with Gasteiger partial charge < -0.3 is 25.1 Å². The molecule has 0 aliphatic carbocycles. The van der Waals surface area contributed by atoms with Crippen LogP contribution in [0.2, 0.25) is 0 Å². The van der Waals surface area contributed by atoms with Gasteiger partial charge >= 0.3 is 6.03 Å². The maximum atomic E-state index is 13.9. The van der Waals surface area contributed by atoms with Gasteiger partial charge in [-0.25, -0.2) is 9.18 Å². The van der Waals surface area contributed by atoms with Crippen molar-refractivity contribution in [1.29, 1.82) is 0 Å². The molecule has 0 fully saturated rings. The highest BCUT2D eigenvalue weighted by molar-refractivity contribution is 6.02. The molecule has 0 aliphatic heterocycles. The summed E-state index contributed by atoms with van der Waals surface area (Å²) in [6.45, 7) is 2.33. The lowest BCUT2D eigenvalue weighted by molar-refractivity contribution is 0.0996. The third-order valence-corrected chi connectivity index (χ3v) is 3.87. The Labute approximate surface area is 166 Å². The lowest BCUT2D eigenvalue weighted by Crippen LogP contribution is -2.28. The summed E-state index contributed by atoms with van der Waals surface area (Å²) in [5.74, 6) is -0.581. The molecule has 150 valence electrons. The number of hydrogen-bond acceptors (Lipinski definition) is 4. The van der Waals surface area contributed by atoms with E-state index in [0.29, 0.717) is 18.0 Å². The molecule has 3 rings (SSSR count). The Morgan fingerprint density at radius 2 is 1.86 bits per heavy atom. The fourth-order valence-corrected chi connectivity index (χ4v) is 2.57. The maximum absolute atomic E-state index is 13.9. The molecule has 1 aromatic heterocycles. The largest absolute Gasteiger partial charge is 0.491 e. The molecule has 3 N–H and O–H groups in total. The molecule has 0 radical (unpaired) electrons. The summed E-state index contributed by atoms with van der Waals surface area (Å²) in [6.07, 6.45) is 1.42. The molecule has 0 unspecified atom stereocenters. The van der Waals surface area contributed by atoms with Gasteiger partial charge in [0.25, 0.3) is 5.91 Å². The number of nitrogens with one attached hydrogen (secondary N) is 3. The van der Waals surface area contributed by atoms with E-state index in [4.69, 9.17) is 9.15 Å². The van der Waals surface area contributed by atoms with Crippen molar-refractivity contribution >= 4 is 23.3 Å². The molecule has 0 bridgehead atoms. The van der Waals surface area contributed by atoms with Crippen molar-refractivity contribution in [1.82, 2.24) is 5.32 Å². The zero-order chi connectivity index (χ0) is 20.6. The van der Waals surface area contributed by atoms with Crippen LogP contribution in [0, 0.1) is 5.82 Å². The Kier molecular flexibility index (Phi) is 6.47. The minimum absolute atomic E-state index is 0.131. The predicted molar refractivity (Wildman–Crippen MR) is 107 cm³/mol. The summed E-state index contributed by atoms with van der Waals surface area (Å²) < 4.78 is 24.0. The number of carbonyl (C=O) groups excluding carboxylic acids is 2. The lowest BCUT2D eigenvalue weighted by Gasteiger charge is -2.10. The summed E-state index contributed by atoms with van der Waals surface area (Å²) in [5, 5.41) is 7.96. The molecule has 3 amide bonds. The Balaban J connectivity index is 1.53. The molecule has 8 heteroatoms. The molecule has 2 aromatic carbocycles. The summed E-state index contributed by atoms with van der Waals surface area (Å²) in [6, 6.07) is 13.9. The smallest absolute Gasteiger partial charge is 0.319 e. The molecule has 0 saturated carbocycles. The highest BCUT2D eigenvalue weighted by atomic mass is 19.1. The van der Waals surface area contributed by atoms with Crippen molar-refractivity contribution < 1.29 is 23.1 Å². The molecule has 0 saturated heterocycles. The van der Waals surface area contributed by atoms with Crippen LogP contribution in [0.5, 0.6) is 5.75 Å². The van der Waals surface area contributed by atoms with Gasteiger partial charge in [0.2, 0.25) is 0 Å². The lowest BCUT2D eigenvalue weighted by atomic mass is 10.2. The fraction of sp³-hybridized carbons (Fsp3) is 0.143. The Bertz CT molecular complexity index is 989. The Hall–Kier alpha value is -3.81. The van der Waals surface area contributed by atoms with Crippen molar-refractivity contribution in [3.05, 3.63) is 78.0 Å². The summed E-state index contributed by atoms with van der Waals surface area (Å²) in [4.78, 5) is 24.1. The minimum Gasteiger partial charge on any atom is -0.491 e. The van der Waals surface area contributed by atoms with Crippen LogP contribution in [0.25, 0.3) is 0 Å². The Morgan fingerprint density at radius 3 is 2.59 bits per heavy atom. The molecule has 0 spiro atoms. The highest BCUT2D eigenvalue weighted by Gasteiger charge is 2.10. The maximum Gasteiger partial charge on any atom is 0.319 e. The first kappa shape index (κ1) is 19.9. The van der Waals surface area contributed by atoms with Gasteiger partial charge in [0.15, 0.2) is 17.3 Å². The molecule has 29 heavy (non-hydrogen) atoms. The summed E-state index contributed by atoms with van der Waals surface area (Å²) in [7, 11) is 0. The number of carbonyl (C=O) groups is 2. The van der Waals surface area contributed by atoms with E-state index in [1.807, 2.05) is 0 Å². The molecule has 3 aromatic rings. The second kappa shape index (κ2) is 9.41. The van der Waals surface area contributed by atoms with Crippen LogP contribution in [0.4, 0.5) is 20.6 Å². The molecule has 1 heterocycles. The van der Waals surface area contributed by atoms with E-state index in [1.54, 1.807) is 49.4 Å². The first-order valence-corrected chi connectivity index (χ1v) is 8.96. The van der Waals surface area contributed by atoms with E-state index in [1.165, 1.54) is 18.4 Å². The SMILES string of the molecule is CCOc1ccc(NC(=O)NCc2cccc(NC(=O)c3ccco3)c2)cc1F. The van der Waals surface area contributed by atoms with Gasteiger partial charge in [-0.1, -0.05) is 12.1 Å². The molecule has 0 atom stereocenters. The van der Waals surface area contributed by atoms with Gasteiger partial charge in [-0.2, -0.15) is 0 Å². The number of furan rings is 1. The third-order valence-electron chi connectivity index (χ3n) is 3.87. The average Bonchev–Trinajstić information content (AvgIpc) is 3.24. The Morgan fingerprint density at radius 1 is 1.03 bits per heavy atom. The van der Waals surface area contributed by atoms with Gasteiger partial charge in [0, 0.05) is 24.0 Å². The van der Waals surface area contributed by atoms with Crippen molar-refractivity contribution in [2.24, 2.45) is 0 Å². The topological polar surface area (TPSA) is 92.6 Å². The van der Waals surface area contributed by atoms with Gasteiger partial charge in [0.05, 0.1) is 12.9 Å². The summed E-state index contributed by atoms with van der Waals surface area (Å²) >= 11 is 0. The monoisotopic (exact) mass is 397 g/mol. The van der Waals surface area contributed by atoms with Crippen LogP contribution in [0.3, 0.4) is 0 Å². The van der Waals surface area contributed by atoms with E-state index >= 15 is 0 Å². The highest BCUT2D eigenvalue weighted by Crippen LogP contribution is 2.21. The van der Waals surface area contributed by atoms with Crippen LogP contribution < -0.4 is 20.7 Å². The molecular weight excluding hydrogens is 377 g/mol. The number of urea groups is 1. The fourth-order valence-electron chi connectivity index (χ4n) is 2.57. The first-order valence-electron chi connectivity index (χ1n) is 8.96. The number of halogens is 1. The van der Waals surface area contributed by atoms with Crippen molar-refractivity contribution in [3.63, 3.8) is 0 Å². The zero-order valence-corrected chi connectivity index (χ0v) is 15.7. The second-order valence-corrected chi connectivity index (χ2v) is 6.02. The van der Waals surface area contributed by atoms with Gasteiger partial charge in [0.1, 0.15) is 0 Å². The number of rotatable bonds is 7.